The van der Waals surface area contributed by atoms with Crippen molar-refractivity contribution in [3.05, 3.63) is 28.9 Å². The summed E-state index contributed by atoms with van der Waals surface area (Å²) in [5, 5.41) is 8.51. The number of nitrogens with zero attached hydrogens (tertiary/aromatic N) is 1. The molecule has 1 aromatic heterocycles. The van der Waals surface area contributed by atoms with Crippen molar-refractivity contribution in [2.45, 2.75) is 31.2 Å². The summed E-state index contributed by atoms with van der Waals surface area (Å²) in [7, 11) is 0. The molecule has 1 heterocycles. The molecule has 0 amide bonds. The topological polar surface area (TPSA) is 54.7 Å². The van der Waals surface area contributed by atoms with Gasteiger partial charge in [-0.1, -0.05) is 30.5 Å². The Bertz CT molecular complexity index is 526. The normalized spacial score (nSPS) is 19.4. The largest absolute Gasteiger partial charge is 0.321 e. The average Bonchev–Trinajstić information content (AvgIpc) is 2.87. The zero-order valence-electron chi connectivity index (χ0n) is 8.96. The second-order valence-electron chi connectivity index (χ2n) is 4.63. The average molecular weight is 236 g/mol. The monoisotopic (exact) mass is 235 g/mol. The van der Waals surface area contributed by atoms with Crippen LogP contribution in [0.5, 0.6) is 0 Å². The smallest absolute Gasteiger partial charge is 0.132 e. The van der Waals surface area contributed by atoms with Crippen LogP contribution in [0, 0.1) is 0 Å². The molecule has 3 nitrogen and oxygen atoms in total. The molecule has 3 rings (SSSR count). The van der Waals surface area contributed by atoms with Gasteiger partial charge in [0.25, 0.3) is 0 Å². The first-order chi connectivity index (χ1) is 7.69. The molecule has 1 aliphatic carbocycles. The lowest BCUT2D eigenvalue weighted by atomic mass is 9.89. The molecule has 0 bridgehead atoms. The molecule has 2 aromatic rings. The van der Waals surface area contributed by atoms with Crippen LogP contribution in [0.15, 0.2) is 18.2 Å². The second kappa shape index (κ2) is 3.47. The highest BCUT2D eigenvalue weighted by Crippen LogP contribution is 2.37. The number of aromatic amines is 1. The van der Waals surface area contributed by atoms with Crippen LogP contribution in [-0.4, -0.2) is 10.2 Å². The van der Waals surface area contributed by atoms with Gasteiger partial charge in [-0.15, -0.1) is 0 Å². The van der Waals surface area contributed by atoms with Crippen molar-refractivity contribution in [1.29, 1.82) is 0 Å². The van der Waals surface area contributed by atoms with Crippen LogP contribution in [0.3, 0.4) is 0 Å². The van der Waals surface area contributed by atoms with E-state index in [9.17, 15) is 0 Å². The number of benzene rings is 1. The number of fused-ring (bicyclic) bond motifs is 1. The van der Waals surface area contributed by atoms with E-state index < -0.39 is 0 Å². The van der Waals surface area contributed by atoms with Gasteiger partial charge < -0.3 is 5.73 Å². The van der Waals surface area contributed by atoms with E-state index in [1.165, 1.54) is 18.4 Å². The summed E-state index contributed by atoms with van der Waals surface area (Å²) < 4.78 is 0. The summed E-state index contributed by atoms with van der Waals surface area (Å²) in [6.45, 7) is 0. The third-order valence-corrected chi connectivity index (χ3v) is 3.87. The third-order valence-electron chi connectivity index (χ3n) is 3.58. The molecule has 4 heteroatoms. The van der Waals surface area contributed by atoms with Crippen LogP contribution in [-0.2, 0) is 5.54 Å². The molecule has 1 aliphatic rings. The van der Waals surface area contributed by atoms with Gasteiger partial charge in [-0.25, -0.2) is 0 Å². The highest BCUT2D eigenvalue weighted by atomic mass is 35.5. The van der Waals surface area contributed by atoms with Crippen LogP contribution in [0.1, 0.15) is 31.2 Å². The van der Waals surface area contributed by atoms with Crippen LogP contribution in [0.25, 0.3) is 10.9 Å². The lowest BCUT2D eigenvalue weighted by molar-refractivity contribution is 0.462. The Balaban J connectivity index is 2.11. The van der Waals surface area contributed by atoms with E-state index >= 15 is 0 Å². The van der Waals surface area contributed by atoms with E-state index in [1.807, 2.05) is 6.07 Å². The maximum atomic E-state index is 6.41. The van der Waals surface area contributed by atoms with Crippen molar-refractivity contribution < 1.29 is 0 Å². The van der Waals surface area contributed by atoms with Crippen molar-refractivity contribution >= 4 is 22.5 Å². The van der Waals surface area contributed by atoms with Gasteiger partial charge in [-0.2, -0.15) is 5.10 Å². The van der Waals surface area contributed by atoms with Gasteiger partial charge in [-0.3, -0.25) is 5.10 Å². The number of halogens is 1. The van der Waals surface area contributed by atoms with Gasteiger partial charge in [0.05, 0.1) is 5.52 Å². The number of H-pyrrole nitrogens is 1. The van der Waals surface area contributed by atoms with E-state index in [0.717, 1.165) is 23.7 Å². The standard InChI is InChI=1S/C12H14ClN3/c13-11-9-4-3-8(7-10(9)15-16-11)12(14)5-1-2-6-12/h3-4,7H,1-2,5-6,14H2,(H,15,16). The summed E-state index contributed by atoms with van der Waals surface area (Å²) in [6.07, 6.45) is 4.57. The molecule has 0 radical (unpaired) electrons. The van der Waals surface area contributed by atoms with Crippen molar-refractivity contribution in [1.82, 2.24) is 10.2 Å². The van der Waals surface area contributed by atoms with Crippen molar-refractivity contribution in [3.8, 4) is 0 Å². The number of aromatic nitrogens is 2. The van der Waals surface area contributed by atoms with Crippen LogP contribution >= 0.6 is 11.6 Å². The highest BCUT2D eigenvalue weighted by Gasteiger charge is 2.31. The van der Waals surface area contributed by atoms with Gasteiger partial charge in [0, 0.05) is 10.9 Å². The predicted molar refractivity (Wildman–Crippen MR) is 65.4 cm³/mol. The molecule has 0 aliphatic heterocycles. The Morgan fingerprint density at radius 2 is 2.06 bits per heavy atom. The van der Waals surface area contributed by atoms with Crippen molar-refractivity contribution in [3.63, 3.8) is 0 Å². The molecule has 84 valence electrons. The molecule has 0 unspecified atom stereocenters. The first-order valence-electron chi connectivity index (χ1n) is 5.62. The van der Waals surface area contributed by atoms with Crippen LogP contribution in [0.2, 0.25) is 5.15 Å². The minimum absolute atomic E-state index is 0.153. The molecule has 0 spiro atoms. The molecule has 1 saturated carbocycles. The fourth-order valence-corrected chi connectivity index (χ4v) is 2.79. The minimum Gasteiger partial charge on any atom is -0.321 e. The Kier molecular flexibility index (Phi) is 2.19. The van der Waals surface area contributed by atoms with Gasteiger partial charge in [-0.05, 0) is 30.5 Å². The lowest BCUT2D eigenvalue weighted by Gasteiger charge is -2.23. The van der Waals surface area contributed by atoms with E-state index in [4.69, 9.17) is 17.3 Å². The summed E-state index contributed by atoms with van der Waals surface area (Å²) in [6, 6.07) is 6.14. The molecule has 0 saturated heterocycles. The second-order valence-corrected chi connectivity index (χ2v) is 5.01. The van der Waals surface area contributed by atoms with Gasteiger partial charge in [0.1, 0.15) is 5.15 Å². The van der Waals surface area contributed by atoms with E-state index in [2.05, 4.69) is 22.3 Å². The Hall–Kier alpha value is -1.06. The van der Waals surface area contributed by atoms with E-state index in [-0.39, 0.29) is 5.54 Å². The zero-order valence-corrected chi connectivity index (χ0v) is 9.72. The number of nitrogens with one attached hydrogen (secondary N) is 1. The SMILES string of the molecule is NC1(c2ccc3c(Cl)[nH]nc3c2)CCCC1. The Morgan fingerprint density at radius 3 is 2.81 bits per heavy atom. The number of rotatable bonds is 1. The van der Waals surface area contributed by atoms with Gasteiger partial charge in [0.2, 0.25) is 0 Å². The maximum Gasteiger partial charge on any atom is 0.132 e. The fraction of sp³-hybridized carbons (Fsp3) is 0.417. The van der Waals surface area contributed by atoms with Crippen LogP contribution < -0.4 is 5.73 Å². The first kappa shape index (κ1) is 10.1. The number of nitrogens with two attached hydrogens (primary N) is 1. The molecular formula is C12H14ClN3. The molecule has 1 fully saturated rings. The van der Waals surface area contributed by atoms with E-state index in [0.29, 0.717) is 5.15 Å². The predicted octanol–water partition coefficient (Wildman–Crippen LogP) is 2.94. The summed E-state index contributed by atoms with van der Waals surface area (Å²) in [5.41, 5.74) is 8.34. The fourth-order valence-electron chi connectivity index (χ4n) is 2.58. The molecule has 16 heavy (non-hydrogen) atoms. The lowest BCUT2D eigenvalue weighted by Crippen LogP contribution is -2.32. The maximum absolute atomic E-state index is 6.41. The molecule has 0 atom stereocenters. The Labute approximate surface area is 99.0 Å². The van der Waals surface area contributed by atoms with Gasteiger partial charge >= 0.3 is 0 Å². The minimum atomic E-state index is -0.153. The van der Waals surface area contributed by atoms with Gasteiger partial charge in [0.15, 0.2) is 0 Å². The third kappa shape index (κ3) is 1.43. The molecule has 3 N–H and O–H groups in total. The molecular weight excluding hydrogens is 222 g/mol. The zero-order chi connectivity index (χ0) is 11.2. The quantitative estimate of drug-likeness (QED) is 0.799. The Morgan fingerprint density at radius 1 is 1.31 bits per heavy atom. The summed E-state index contributed by atoms with van der Waals surface area (Å²) >= 11 is 5.97. The molecule has 1 aromatic carbocycles. The summed E-state index contributed by atoms with van der Waals surface area (Å²) in [4.78, 5) is 0. The van der Waals surface area contributed by atoms with Crippen molar-refractivity contribution in [2.75, 3.05) is 0 Å². The van der Waals surface area contributed by atoms with Crippen LogP contribution in [0.4, 0.5) is 0 Å². The van der Waals surface area contributed by atoms with Crippen molar-refractivity contribution in [2.24, 2.45) is 5.73 Å². The first-order valence-corrected chi connectivity index (χ1v) is 6.00. The highest BCUT2D eigenvalue weighted by molar-refractivity contribution is 6.34. The number of hydrogen-bond acceptors (Lipinski definition) is 2. The number of hydrogen-bond donors (Lipinski definition) is 2. The van der Waals surface area contributed by atoms with E-state index in [1.54, 1.807) is 0 Å². The summed E-state index contributed by atoms with van der Waals surface area (Å²) in [5.74, 6) is 0.